The van der Waals surface area contributed by atoms with Gasteiger partial charge in [0.1, 0.15) is 11.8 Å². The number of benzene rings is 1. The van der Waals surface area contributed by atoms with Crippen LogP contribution in [0.4, 0.5) is 18.9 Å². The highest BCUT2D eigenvalue weighted by molar-refractivity contribution is 6.14. The second-order valence-corrected chi connectivity index (χ2v) is 8.69. The summed E-state index contributed by atoms with van der Waals surface area (Å²) in [4.78, 5) is 25.1. The molecule has 4 unspecified atom stereocenters. The van der Waals surface area contributed by atoms with Crippen LogP contribution in [0.1, 0.15) is 37.7 Å². The van der Waals surface area contributed by atoms with Gasteiger partial charge < -0.3 is 16.8 Å². The predicted octanol–water partition coefficient (Wildman–Crippen LogP) is 2.61. The highest BCUT2D eigenvalue weighted by Crippen LogP contribution is 2.34. The van der Waals surface area contributed by atoms with Crippen LogP contribution in [-0.4, -0.2) is 48.3 Å². The number of nitrogens with one attached hydrogen (secondary N) is 1. The molecular weight excluding hydrogens is 421 g/mol. The standard InChI is InChI=1S/C22H27F3N6O/c23-22(24,25)12-1-3-14(4-2-12)31-20(26)17(21(27)32)10-28-18-8-7-15(30-13-5-6-13)9-16(18)19-11-29-19/h1-4,10,13,15-18,30H,5-9,11H2,(H2,26,31)(H2,27,32). The van der Waals surface area contributed by atoms with Gasteiger partial charge in [-0.05, 0) is 56.4 Å². The molecule has 10 heteroatoms. The number of hydrogen-bond acceptors (Lipinski definition) is 5. The third-order valence-corrected chi connectivity index (χ3v) is 6.14. The fraction of sp³-hybridized carbons (Fsp3) is 0.545. The Labute approximate surface area is 184 Å². The fourth-order valence-electron chi connectivity index (χ4n) is 4.14. The first-order chi connectivity index (χ1) is 15.2. The molecule has 5 N–H and O–H groups in total. The Morgan fingerprint density at radius 1 is 1.12 bits per heavy atom. The number of nitrogens with zero attached hydrogens (tertiary/aromatic N) is 3. The van der Waals surface area contributed by atoms with Gasteiger partial charge in [0.2, 0.25) is 5.91 Å². The van der Waals surface area contributed by atoms with Crippen LogP contribution in [0, 0.1) is 11.8 Å². The normalized spacial score (nSPS) is 27.3. The summed E-state index contributed by atoms with van der Waals surface area (Å²) in [5, 5.41) is 3.68. The lowest BCUT2D eigenvalue weighted by Crippen LogP contribution is -2.42. The molecule has 4 rings (SSSR count). The van der Waals surface area contributed by atoms with Crippen molar-refractivity contribution in [2.45, 2.75) is 56.4 Å². The van der Waals surface area contributed by atoms with Crippen LogP contribution in [0.25, 0.3) is 0 Å². The lowest BCUT2D eigenvalue weighted by molar-refractivity contribution is -0.137. The summed E-state index contributed by atoms with van der Waals surface area (Å²) in [5.74, 6) is -1.63. The minimum absolute atomic E-state index is 0.00535. The summed E-state index contributed by atoms with van der Waals surface area (Å²) in [6.07, 6.45) is 2.30. The lowest BCUT2D eigenvalue weighted by atomic mass is 9.80. The summed E-state index contributed by atoms with van der Waals surface area (Å²) < 4.78 is 38.2. The third-order valence-electron chi connectivity index (χ3n) is 6.14. The maximum atomic E-state index is 12.7. The van der Waals surface area contributed by atoms with E-state index in [0.717, 1.165) is 43.7 Å². The van der Waals surface area contributed by atoms with E-state index in [0.29, 0.717) is 12.1 Å². The summed E-state index contributed by atoms with van der Waals surface area (Å²) >= 11 is 0. The molecule has 1 aromatic carbocycles. The topological polar surface area (TPSA) is 118 Å². The molecule has 2 fully saturated rings. The van der Waals surface area contributed by atoms with Gasteiger partial charge in [0, 0.05) is 29.9 Å². The first-order valence-electron chi connectivity index (χ1n) is 10.8. The maximum absolute atomic E-state index is 12.7. The molecule has 3 aliphatic rings. The zero-order valence-electron chi connectivity index (χ0n) is 17.6. The van der Waals surface area contributed by atoms with Crippen LogP contribution in [0.2, 0.25) is 0 Å². The first kappa shape index (κ1) is 22.4. The molecule has 7 nitrogen and oxygen atoms in total. The molecule has 1 aromatic rings. The maximum Gasteiger partial charge on any atom is 0.416 e. The van der Waals surface area contributed by atoms with E-state index in [1.165, 1.54) is 31.2 Å². The second-order valence-electron chi connectivity index (χ2n) is 8.69. The number of aliphatic imine (C=N–C) groups is 3. The van der Waals surface area contributed by atoms with Crippen molar-refractivity contribution in [3.63, 3.8) is 0 Å². The van der Waals surface area contributed by atoms with Crippen molar-refractivity contribution >= 4 is 29.4 Å². The van der Waals surface area contributed by atoms with Crippen molar-refractivity contribution in [1.29, 1.82) is 0 Å². The number of primary amides is 1. The van der Waals surface area contributed by atoms with Gasteiger partial charge in [-0.1, -0.05) is 0 Å². The van der Waals surface area contributed by atoms with Crippen molar-refractivity contribution in [2.24, 2.45) is 38.3 Å². The Morgan fingerprint density at radius 3 is 2.34 bits per heavy atom. The number of alkyl halides is 3. The molecule has 2 saturated carbocycles. The molecule has 0 aromatic heterocycles. The van der Waals surface area contributed by atoms with E-state index in [1.807, 2.05) is 0 Å². The average Bonchev–Trinajstić information content (AvgIpc) is 3.63. The molecule has 0 saturated heterocycles. The van der Waals surface area contributed by atoms with Crippen LogP contribution in [0.3, 0.4) is 0 Å². The Kier molecular flexibility index (Phi) is 6.32. The largest absolute Gasteiger partial charge is 0.416 e. The molecule has 1 heterocycles. The first-order valence-corrected chi connectivity index (χ1v) is 10.8. The molecule has 172 valence electrons. The zero-order valence-corrected chi connectivity index (χ0v) is 17.6. The van der Waals surface area contributed by atoms with E-state index in [1.54, 1.807) is 0 Å². The lowest BCUT2D eigenvalue weighted by Gasteiger charge is -2.33. The minimum atomic E-state index is -4.44. The summed E-state index contributed by atoms with van der Waals surface area (Å²) in [7, 11) is 0. The van der Waals surface area contributed by atoms with Crippen LogP contribution in [-0.2, 0) is 11.0 Å². The molecule has 1 aliphatic heterocycles. The highest BCUT2D eigenvalue weighted by Gasteiger charge is 2.38. The number of nitrogens with two attached hydrogens (primary N) is 2. The van der Waals surface area contributed by atoms with Gasteiger partial charge in [-0.15, -0.1) is 0 Å². The molecule has 0 radical (unpaired) electrons. The van der Waals surface area contributed by atoms with Crippen molar-refractivity contribution in [3.8, 4) is 0 Å². The predicted molar refractivity (Wildman–Crippen MR) is 117 cm³/mol. The zero-order chi connectivity index (χ0) is 22.9. The number of hydrogen-bond donors (Lipinski definition) is 3. The van der Waals surface area contributed by atoms with Gasteiger partial charge in [-0.2, -0.15) is 13.2 Å². The van der Waals surface area contributed by atoms with E-state index in [4.69, 9.17) is 11.5 Å². The Morgan fingerprint density at radius 2 is 1.78 bits per heavy atom. The average molecular weight is 448 g/mol. The molecule has 0 spiro atoms. The number of carbonyl (C=O) groups is 1. The van der Waals surface area contributed by atoms with Crippen LogP contribution < -0.4 is 16.8 Å². The molecule has 2 aliphatic carbocycles. The van der Waals surface area contributed by atoms with Gasteiger partial charge in [0.15, 0.2) is 0 Å². The SMILES string of the molecule is NC(=O)C(C=NC1CCC(NC2CC2)CC1C1=NC1)C(N)=Nc1ccc(C(F)(F)F)cc1. The van der Waals surface area contributed by atoms with E-state index in [9.17, 15) is 18.0 Å². The van der Waals surface area contributed by atoms with Crippen LogP contribution in [0.15, 0.2) is 39.2 Å². The van der Waals surface area contributed by atoms with Crippen molar-refractivity contribution in [3.05, 3.63) is 29.8 Å². The highest BCUT2D eigenvalue weighted by atomic mass is 19.4. The van der Waals surface area contributed by atoms with Crippen molar-refractivity contribution < 1.29 is 18.0 Å². The second kappa shape index (κ2) is 9.01. The summed E-state index contributed by atoms with van der Waals surface area (Å²) in [6.45, 7) is 0.767. The van der Waals surface area contributed by atoms with Crippen LogP contribution >= 0.6 is 0 Å². The Bertz CT molecular complexity index is 936. The van der Waals surface area contributed by atoms with Crippen LogP contribution in [0.5, 0.6) is 0 Å². The van der Waals surface area contributed by atoms with E-state index >= 15 is 0 Å². The molecular formula is C22H27F3N6O. The fourth-order valence-corrected chi connectivity index (χ4v) is 4.14. The monoisotopic (exact) mass is 448 g/mol. The smallest absolute Gasteiger partial charge is 0.386 e. The quantitative estimate of drug-likeness (QED) is 0.419. The number of rotatable bonds is 8. The van der Waals surface area contributed by atoms with Crippen molar-refractivity contribution in [1.82, 2.24) is 5.32 Å². The van der Waals surface area contributed by atoms with E-state index in [-0.39, 0.29) is 23.5 Å². The number of carbonyl (C=O) groups excluding carboxylic acids is 1. The molecule has 32 heavy (non-hydrogen) atoms. The number of amidine groups is 1. The van der Waals surface area contributed by atoms with Crippen molar-refractivity contribution in [2.75, 3.05) is 6.54 Å². The van der Waals surface area contributed by atoms with Gasteiger partial charge in [-0.25, -0.2) is 4.99 Å². The minimum Gasteiger partial charge on any atom is -0.386 e. The Hall–Kier alpha value is -2.75. The Balaban J connectivity index is 1.44. The number of amides is 1. The van der Waals surface area contributed by atoms with E-state index < -0.39 is 23.6 Å². The molecule has 1 amide bonds. The molecule has 0 bridgehead atoms. The van der Waals surface area contributed by atoms with Gasteiger partial charge >= 0.3 is 6.18 Å². The third kappa shape index (κ3) is 5.73. The summed E-state index contributed by atoms with van der Waals surface area (Å²) in [6, 6.07) is 5.31. The van der Waals surface area contributed by atoms with Gasteiger partial charge in [0.25, 0.3) is 0 Å². The number of halogens is 3. The molecule has 4 atom stereocenters. The summed E-state index contributed by atoms with van der Waals surface area (Å²) in [5.41, 5.74) is 12.1. The van der Waals surface area contributed by atoms with E-state index in [2.05, 4.69) is 20.3 Å². The van der Waals surface area contributed by atoms with Gasteiger partial charge in [-0.3, -0.25) is 14.8 Å². The van der Waals surface area contributed by atoms with Gasteiger partial charge in [0.05, 0.1) is 23.8 Å².